The highest BCUT2D eigenvalue weighted by Crippen LogP contribution is 2.26. The maximum Gasteiger partial charge on any atom is 0.0725 e. The Morgan fingerprint density at radius 2 is 2.16 bits per heavy atom. The van der Waals surface area contributed by atoms with Crippen LogP contribution in [0.5, 0.6) is 0 Å². The Labute approximate surface area is 118 Å². The summed E-state index contributed by atoms with van der Waals surface area (Å²) in [5.41, 5.74) is 5.52. The summed E-state index contributed by atoms with van der Waals surface area (Å²) in [6.45, 7) is 1.54. The first kappa shape index (κ1) is 12.9. The molecule has 100 valence electrons. The van der Waals surface area contributed by atoms with Gasteiger partial charge in [0.2, 0.25) is 0 Å². The van der Waals surface area contributed by atoms with Gasteiger partial charge in [-0.15, -0.1) is 0 Å². The SMILES string of the molecule is CNC(CCc1ccsc1)c1ccc2c(c1)COC2. The van der Waals surface area contributed by atoms with Crippen LogP contribution in [0.3, 0.4) is 0 Å². The molecule has 3 rings (SSSR count). The molecule has 1 aliphatic heterocycles. The van der Waals surface area contributed by atoms with Gasteiger partial charge in [0.1, 0.15) is 0 Å². The summed E-state index contributed by atoms with van der Waals surface area (Å²) >= 11 is 1.77. The lowest BCUT2D eigenvalue weighted by Crippen LogP contribution is -2.17. The van der Waals surface area contributed by atoms with Gasteiger partial charge in [0.25, 0.3) is 0 Å². The molecule has 2 aromatic rings. The molecule has 19 heavy (non-hydrogen) atoms. The molecule has 2 heterocycles. The maximum atomic E-state index is 5.48. The van der Waals surface area contributed by atoms with Gasteiger partial charge in [-0.25, -0.2) is 0 Å². The molecule has 0 spiro atoms. The first-order chi connectivity index (χ1) is 9.36. The fourth-order valence-corrected chi connectivity index (χ4v) is 3.34. The Morgan fingerprint density at radius 1 is 1.26 bits per heavy atom. The molecule has 1 aromatic carbocycles. The van der Waals surface area contributed by atoms with Gasteiger partial charge in [0.15, 0.2) is 0 Å². The van der Waals surface area contributed by atoms with Crippen LogP contribution in [0.25, 0.3) is 0 Å². The van der Waals surface area contributed by atoms with Crippen LogP contribution in [0.1, 0.15) is 34.7 Å². The lowest BCUT2D eigenvalue weighted by Gasteiger charge is -2.17. The van der Waals surface area contributed by atoms with E-state index in [1.165, 1.54) is 22.3 Å². The fraction of sp³-hybridized carbons (Fsp3) is 0.375. The van der Waals surface area contributed by atoms with Crippen molar-refractivity contribution in [1.29, 1.82) is 0 Å². The second-order valence-electron chi connectivity index (χ2n) is 5.03. The molecule has 0 bridgehead atoms. The van der Waals surface area contributed by atoms with Crippen LogP contribution in [0.2, 0.25) is 0 Å². The highest BCUT2D eigenvalue weighted by Gasteiger charge is 2.15. The van der Waals surface area contributed by atoms with Crippen molar-refractivity contribution < 1.29 is 4.74 Å². The van der Waals surface area contributed by atoms with E-state index in [1.807, 2.05) is 7.05 Å². The minimum atomic E-state index is 0.422. The van der Waals surface area contributed by atoms with E-state index in [0.29, 0.717) is 6.04 Å². The van der Waals surface area contributed by atoms with Crippen molar-refractivity contribution in [3.05, 3.63) is 57.3 Å². The van der Waals surface area contributed by atoms with Gasteiger partial charge in [-0.3, -0.25) is 0 Å². The third-order valence-electron chi connectivity index (χ3n) is 3.80. The van der Waals surface area contributed by atoms with Gasteiger partial charge < -0.3 is 10.1 Å². The topological polar surface area (TPSA) is 21.3 Å². The van der Waals surface area contributed by atoms with Crippen molar-refractivity contribution in [2.75, 3.05) is 7.05 Å². The molecule has 0 fully saturated rings. The zero-order valence-electron chi connectivity index (χ0n) is 11.2. The summed E-state index contributed by atoms with van der Waals surface area (Å²) in [7, 11) is 2.04. The Kier molecular flexibility index (Phi) is 3.97. The monoisotopic (exact) mass is 273 g/mol. The number of hydrogen-bond donors (Lipinski definition) is 1. The quantitative estimate of drug-likeness (QED) is 0.897. The third kappa shape index (κ3) is 2.89. The average Bonchev–Trinajstić information content (AvgIpc) is 3.09. The van der Waals surface area contributed by atoms with Crippen molar-refractivity contribution in [2.45, 2.75) is 32.1 Å². The molecule has 3 heteroatoms. The zero-order valence-corrected chi connectivity index (χ0v) is 12.0. The van der Waals surface area contributed by atoms with Crippen LogP contribution >= 0.6 is 11.3 Å². The van der Waals surface area contributed by atoms with E-state index in [-0.39, 0.29) is 0 Å². The smallest absolute Gasteiger partial charge is 0.0725 e. The van der Waals surface area contributed by atoms with Crippen molar-refractivity contribution >= 4 is 11.3 Å². The molecule has 1 N–H and O–H groups in total. The van der Waals surface area contributed by atoms with Gasteiger partial charge >= 0.3 is 0 Å². The highest BCUT2D eigenvalue weighted by molar-refractivity contribution is 7.07. The molecule has 1 aromatic heterocycles. The molecule has 0 saturated carbocycles. The number of fused-ring (bicyclic) bond motifs is 1. The van der Waals surface area contributed by atoms with Gasteiger partial charge in [0.05, 0.1) is 13.2 Å². The predicted molar refractivity (Wildman–Crippen MR) is 79.4 cm³/mol. The number of benzene rings is 1. The fourth-order valence-electron chi connectivity index (χ4n) is 2.63. The minimum absolute atomic E-state index is 0.422. The van der Waals surface area contributed by atoms with Crippen LogP contribution in [-0.4, -0.2) is 7.05 Å². The largest absolute Gasteiger partial charge is 0.372 e. The third-order valence-corrected chi connectivity index (χ3v) is 4.53. The van der Waals surface area contributed by atoms with Crippen molar-refractivity contribution in [2.24, 2.45) is 0 Å². The predicted octanol–water partition coefficient (Wildman–Crippen LogP) is 3.67. The van der Waals surface area contributed by atoms with Crippen LogP contribution in [0.4, 0.5) is 0 Å². The van der Waals surface area contributed by atoms with Gasteiger partial charge in [0, 0.05) is 6.04 Å². The van der Waals surface area contributed by atoms with Gasteiger partial charge in [-0.05, 0) is 59.0 Å². The molecular formula is C16H19NOS. The standard InChI is InChI=1S/C16H19NOS/c1-17-16(5-2-12-6-7-19-11-12)13-3-4-14-9-18-10-15(14)8-13/h3-4,6-8,11,16-17H,2,5,9-10H2,1H3. The Bertz CT molecular complexity index is 536. The molecule has 2 nitrogen and oxygen atoms in total. The highest BCUT2D eigenvalue weighted by atomic mass is 32.1. The summed E-state index contributed by atoms with van der Waals surface area (Å²) in [6, 6.07) is 9.39. The number of nitrogens with one attached hydrogen (secondary N) is 1. The van der Waals surface area contributed by atoms with E-state index in [2.05, 4.69) is 40.3 Å². The molecule has 0 saturated heterocycles. The number of aryl methyl sites for hydroxylation is 1. The number of hydrogen-bond acceptors (Lipinski definition) is 3. The molecule has 1 atom stereocenters. The first-order valence-corrected chi connectivity index (χ1v) is 7.69. The maximum absolute atomic E-state index is 5.48. The Balaban J connectivity index is 1.71. The van der Waals surface area contributed by atoms with E-state index in [0.717, 1.165) is 26.1 Å². The molecule has 0 radical (unpaired) electrons. The van der Waals surface area contributed by atoms with Gasteiger partial charge in [-0.2, -0.15) is 11.3 Å². The Hall–Kier alpha value is -1.16. The minimum Gasteiger partial charge on any atom is -0.372 e. The lowest BCUT2D eigenvalue weighted by molar-refractivity contribution is 0.134. The number of thiophene rings is 1. The molecular weight excluding hydrogens is 254 g/mol. The molecule has 0 amide bonds. The van der Waals surface area contributed by atoms with Crippen molar-refractivity contribution in [3.63, 3.8) is 0 Å². The lowest BCUT2D eigenvalue weighted by atomic mass is 9.97. The average molecular weight is 273 g/mol. The van der Waals surface area contributed by atoms with Crippen LogP contribution in [-0.2, 0) is 24.4 Å². The van der Waals surface area contributed by atoms with E-state index in [1.54, 1.807) is 11.3 Å². The number of rotatable bonds is 5. The van der Waals surface area contributed by atoms with E-state index >= 15 is 0 Å². The van der Waals surface area contributed by atoms with Gasteiger partial charge in [-0.1, -0.05) is 18.2 Å². The van der Waals surface area contributed by atoms with E-state index in [9.17, 15) is 0 Å². The molecule has 0 aliphatic carbocycles. The summed E-state index contributed by atoms with van der Waals surface area (Å²) < 4.78 is 5.48. The number of ether oxygens (including phenoxy) is 1. The second kappa shape index (κ2) is 5.87. The van der Waals surface area contributed by atoms with E-state index in [4.69, 9.17) is 4.74 Å². The summed E-state index contributed by atoms with van der Waals surface area (Å²) in [4.78, 5) is 0. The van der Waals surface area contributed by atoms with Crippen LogP contribution in [0, 0.1) is 0 Å². The molecule has 1 aliphatic rings. The summed E-state index contributed by atoms with van der Waals surface area (Å²) in [6.07, 6.45) is 2.26. The van der Waals surface area contributed by atoms with E-state index < -0.39 is 0 Å². The van der Waals surface area contributed by atoms with Crippen LogP contribution in [0.15, 0.2) is 35.0 Å². The normalized spacial score (nSPS) is 15.4. The summed E-state index contributed by atoms with van der Waals surface area (Å²) in [5.74, 6) is 0. The summed E-state index contributed by atoms with van der Waals surface area (Å²) in [5, 5.41) is 7.82. The zero-order chi connectivity index (χ0) is 13.1. The van der Waals surface area contributed by atoms with Crippen molar-refractivity contribution in [1.82, 2.24) is 5.32 Å². The Morgan fingerprint density at radius 3 is 2.95 bits per heavy atom. The van der Waals surface area contributed by atoms with Crippen LogP contribution < -0.4 is 5.32 Å². The first-order valence-electron chi connectivity index (χ1n) is 6.74. The molecule has 1 unspecified atom stereocenters. The second-order valence-corrected chi connectivity index (χ2v) is 5.81. The van der Waals surface area contributed by atoms with Crippen molar-refractivity contribution in [3.8, 4) is 0 Å².